The van der Waals surface area contributed by atoms with E-state index in [1.54, 1.807) is 20.8 Å². The summed E-state index contributed by atoms with van der Waals surface area (Å²) < 4.78 is 5.39. The smallest absolute Gasteiger partial charge is 0.410 e. The summed E-state index contributed by atoms with van der Waals surface area (Å²) in [6.45, 7) is 6.13. The van der Waals surface area contributed by atoms with Crippen LogP contribution in [0.1, 0.15) is 50.4 Å². The predicted octanol–water partition coefficient (Wildman–Crippen LogP) is 1.59. The Hall–Kier alpha value is -4.32. The molecule has 2 saturated heterocycles. The Morgan fingerprint density at radius 3 is 2.44 bits per heavy atom. The van der Waals surface area contributed by atoms with Gasteiger partial charge in [0.05, 0.1) is 6.54 Å². The van der Waals surface area contributed by atoms with Gasteiger partial charge in [-0.1, -0.05) is 17.2 Å². The van der Waals surface area contributed by atoms with Crippen molar-refractivity contribution in [2.45, 2.75) is 57.7 Å². The number of azide groups is 1. The molecule has 210 valence electrons. The summed E-state index contributed by atoms with van der Waals surface area (Å²) in [5, 5.41) is 11.5. The predicted molar refractivity (Wildman–Crippen MR) is 140 cm³/mol. The molecule has 0 saturated carbocycles. The quantitative estimate of drug-likeness (QED) is 0.184. The van der Waals surface area contributed by atoms with Crippen LogP contribution in [-0.4, -0.2) is 89.9 Å². The van der Waals surface area contributed by atoms with Crippen LogP contribution in [0.15, 0.2) is 29.4 Å². The monoisotopic (exact) mass is 542 g/mol. The minimum Gasteiger partial charge on any atom is -0.444 e. The van der Waals surface area contributed by atoms with Gasteiger partial charge in [-0.3, -0.25) is 24.1 Å². The molecule has 2 atom stereocenters. The van der Waals surface area contributed by atoms with Gasteiger partial charge in [-0.25, -0.2) is 4.79 Å². The summed E-state index contributed by atoms with van der Waals surface area (Å²) in [6, 6.07) is 4.61. The molecule has 0 unspecified atom stereocenters. The number of likely N-dealkylation sites (tertiary alicyclic amines) is 2. The summed E-state index contributed by atoms with van der Waals surface area (Å²) in [5.74, 6) is -1.52. The van der Waals surface area contributed by atoms with Gasteiger partial charge in [-0.15, -0.1) is 0 Å². The van der Waals surface area contributed by atoms with Gasteiger partial charge in [0, 0.05) is 42.3 Å². The molecule has 0 spiro atoms. The molecule has 0 radical (unpaired) electrons. The van der Waals surface area contributed by atoms with Gasteiger partial charge in [0.25, 0.3) is 5.91 Å². The van der Waals surface area contributed by atoms with Gasteiger partial charge in [0.15, 0.2) is 0 Å². The zero-order chi connectivity index (χ0) is 28.6. The highest BCUT2D eigenvalue weighted by Crippen LogP contribution is 2.22. The number of carbonyl (C=O) groups is 5. The van der Waals surface area contributed by atoms with Crippen molar-refractivity contribution in [3.05, 3.63) is 40.3 Å². The fraction of sp³-hybridized carbons (Fsp3) is 0.560. The van der Waals surface area contributed by atoms with E-state index in [2.05, 4.69) is 26.0 Å². The van der Waals surface area contributed by atoms with E-state index in [9.17, 15) is 24.0 Å². The second-order valence-electron chi connectivity index (χ2n) is 10.3. The molecule has 0 aliphatic carbocycles. The molecule has 2 heterocycles. The molecule has 14 heteroatoms. The van der Waals surface area contributed by atoms with Crippen molar-refractivity contribution in [3.8, 4) is 0 Å². The maximum Gasteiger partial charge on any atom is 0.410 e. The number of nitrogens with zero attached hydrogens (tertiary/aromatic N) is 5. The number of nitrogens with one attached hydrogen (secondary N) is 3. The molecule has 1 aromatic carbocycles. The highest BCUT2D eigenvalue weighted by molar-refractivity contribution is 5.95. The van der Waals surface area contributed by atoms with Gasteiger partial charge in [0.1, 0.15) is 17.7 Å². The third kappa shape index (κ3) is 8.34. The molecule has 3 N–H and O–H groups in total. The van der Waals surface area contributed by atoms with Crippen molar-refractivity contribution < 1.29 is 28.7 Å². The Labute approximate surface area is 226 Å². The molecule has 1 aromatic rings. The van der Waals surface area contributed by atoms with Crippen LogP contribution in [-0.2, 0) is 19.1 Å². The van der Waals surface area contributed by atoms with Gasteiger partial charge in [0.2, 0.25) is 17.7 Å². The van der Waals surface area contributed by atoms with Gasteiger partial charge in [-0.05, 0) is 57.7 Å². The van der Waals surface area contributed by atoms with Crippen LogP contribution in [0.25, 0.3) is 10.4 Å². The van der Waals surface area contributed by atoms with Crippen LogP contribution in [0, 0.1) is 0 Å². The Kier molecular flexibility index (Phi) is 9.72. The van der Waals surface area contributed by atoms with E-state index >= 15 is 0 Å². The highest BCUT2D eigenvalue weighted by atomic mass is 16.6. The van der Waals surface area contributed by atoms with Crippen molar-refractivity contribution in [3.63, 3.8) is 0 Å². The van der Waals surface area contributed by atoms with E-state index in [0.29, 0.717) is 43.6 Å². The summed E-state index contributed by atoms with van der Waals surface area (Å²) in [6.07, 6.45) is 0.934. The first-order chi connectivity index (χ1) is 18.5. The molecular weight excluding hydrogens is 508 g/mol. The Balaban J connectivity index is 1.39. The normalized spacial score (nSPS) is 18.8. The van der Waals surface area contributed by atoms with E-state index in [0.717, 1.165) is 0 Å². The largest absolute Gasteiger partial charge is 0.444 e. The molecule has 14 nitrogen and oxygen atoms in total. The Morgan fingerprint density at radius 2 is 1.77 bits per heavy atom. The molecule has 2 aliphatic heterocycles. The Morgan fingerprint density at radius 1 is 1.08 bits per heavy atom. The van der Waals surface area contributed by atoms with Gasteiger partial charge >= 0.3 is 6.09 Å². The number of hydrogen-bond acceptors (Lipinski definition) is 7. The number of amides is 5. The van der Waals surface area contributed by atoms with Crippen LogP contribution in [0.4, 0.5) is 10.5 Å². The first kappa shape index (κ1) is 29.2. The topological polar surface area (TPSA) is 186 Å². The lowest BCUT2D eigenvalue weighted by molar-refractivity contribution is -0.136. The standard InChI is InChI=1S/C25H34N8O6/c1-25(2,3)39-24(38)33-13-4-5-19(33)22(36)29-18-10-14-32(23(18)37)15-20(34)27-11-12-28-21(35)16-6-8-17(9-7-16)30-31-26/h6-9,18-19H,4-5,10-15H2,1-3H3,(H,27,34)(H,28,35)(H,29,36)/t18-,19+/m1/s1. The van der Waals surface area contributed by atoms with Crippen LogP contribution in [0.3, 0.4) is 0 Å². The first-order valence-electron chi connectivity index (χ1n) is 12.8. The maximum absolute atomic E-state index is 12.9. The zero-order valence-corrected chi connectivity index (χ0v) is 22.3. The molecule has 0 bridgehead atoms. The third-order valence-corrected chi connectivity index (χ3v) is 6.15. The average Bonchev–Trinajstić information content (AvgIpc) is 3.49. The Bertz CT molecular complexity index is 1140. The minimum atomic E-state index is -0.768. The summed E-state index contributed by atoms with van der Waals surface area (Å²) in [4.78, 5) is 68.0. The molecule has 2 aliphatic rings. The van der Waals surface area contributed by atoms with E-state index in [1.165, 1.54) is 34.1 Å². The number of ether oxygens (including phenoxy) is 1. The fourth-order valence-corrected chi connectivity index (χ4v) is 4.32. The second-order valence-corrected chi connectivity index (χ2v) is 10.3. The lowest BCUT2D eigenvalue weighted by atomic mass is 10.1. The highest BCUT2D eigenvalue weighted by Gasteiger charge is 2.40. The van der Waals surface area contributed by atoms with Crippen LogP contribution in [0.5, 0.6) is 0 Å². The average molecular weight is 543 g/mol. The van der Waals surface area contributed by atoms with E-state index < -0.39 is 35.6 Å². The molecule has 0 aromatic heterocycles. The number of carbonyl (C=O) groups excluding carboxylic acids is 5. The van der Waals surface area contributed by atoms with Crippen LogP contribution in [0.2, 0.25) is 0 Å². The molecule has 5 amide bonds. The lowest BCUT2D eigenvalue weighted by Crippen LogP contribution is -2.52. The molecule has 2 fully saturated rings. The van der Waals surface area contributed by atoms with Crippen molar-refractivity contribution in [1.82, 2.24) is 25.8 Å². The van der Waals surface area contributed by atoms with Crippen LogP contribution < -0.4 is 16.0 Å². The van der Waals surface area contributed by atoms with Crippen molar-refractivity contribution >= 4 is 35.4 Å². The zero-order valence-electron chi connectivity index (χ0n) is 22.3. The maximum atomic E-state index is 12.9. The number of benzene rings is 1. The summed E-state index contributed by atoms with van der Waals surface area (Å²) in [5.41, 5.74) is 8.50. The van der Waals surface area contributed by atoms with E-state index in [4.69, 9.17) is 10.3 Å². The number of rotatable bonds is 9. The fourth-order valence-electron chi connectivity index (χ4n) is 4.32. The molecule has 3 rings (SSSR count). The summed E-state index contributed by atoms with van der Waals surface area (Å²) in [7, 11) is 0. The molecular formula is C25H34N8O6. The van der Waals surface area contributed by atoms with Gasteiger partial charge in [-0.2, -0.15) is 0 Å². The van der Waals surface area contributed by atoms with Crippen molar-refractivity contribution in [2.75, 3.05) is 32.7 Å². The van der Waals surface area contributed by atoms with Crippen LogP contribution >= 0.6 is 0 Å². The minimum absolute atomic E-state index is 0.158. The lowest BCUT2D eigenvalue weighted by Gasteiger charge is -2.28. The second kappa shape index (κ2) is 13.0. The number of hydrogen-bond donors (Lipinski definition) is 3. The van der Waals surface area contributed by atoms with E-state index in [1.807, 2.05) is 0 Å². The van der Waals surface area contributed by atoms with Crippen molar-refractivity contribution in [2.24, 2.45) is 5.11 Å². The summed E-state index contributed by atoms with van der Waals surface area (Å²) >= 11 is 0. The van der Waals surface area contributed by atoms with Gasteiger partial charge < -0.3 is 25.6 Å². The SMILES string of the molecule is CC(C)(C)OC(=O)N1CCC[C@H]1C(=O)N[C@@H]1CCN(CC(=O)NCCNC(=O)c2ccc(N=[N+]=[N-])cc2)C1=O. The third-order valence-electron chi connectivity index (χ3n) is 6.15. The molecule has 39 heavy (non-hydrogen) atoms. The first-order valence-corrected chi connectivity index (χ1v) is 12.8. The van der Waals surface area contributed by atoms with Crippen molar-refractivity contribution in [1.29, 1.82) is 0 Å². The van der Waals surface area contributed by atoms with E-state index in [-0.39, 0.29) is 31.4 Å².